The molecular weight excluding hydrogens is 479 g/mol. The van der Waals surface area contributed by atoms with Crippen LogP contribution in [-0.2, 0) is 21.0 Å². The fraction of sp³-hybridized carbons (Fsp3) is 0.200. The number of halogens is 3. The molecule has 1 amide bonds. The van der Waals surface area contributed by atoms with Crippen LogP contribution in [0.3, 0.4) is 0 Å². The first-order chi connectivity index (χ1) is 16.5. The maximum atomic E-state index is 13.3. The number of hydrogen-bond acceptors (Lipinski definition) is 4. The number of anilines is 1. The van der Waals surface area contributed by atoms with E-state index in [2.05, 4.69) is 10.5 Å². The zero-order valence-corrected chi connectivity index (χ0v) is 19.8. The van der Waals surface area contributed by atoms with Crippen LogP contribution < -0.4 is 9.73 Å². The normalized spacial score (nSPS) is 12.2. The molecule has 0 bridgehead atoms. The maximum absolute atomic E-state index is 13.3. The average Bonchev–Trinajstić information content (AvgIpc) is 2.83. The molecule has 0 spiro atoms. The summed E-state index contributed by atoms with van der Waals surface area (Å²) >= 11 is 0. The van der Waals surface area contributed by atoms with Crippen molar-refractivity contribution in [2.24, 2.45) is 5.10 Å². The Hall–Kier alpha value is -3.66. The van der Waals surface area contributed by atoms with Crippen LogP contribution in [0.5, 0.6) is 0 Å². The number of carbonyl (C=O) groups is 1. The standard InChI is InChI=1S/C25H24F3N3O3S/c1-18(2)20-11-13-22(14-12-20)31(35(33,34)23-9-4-3-5-10-23)17-24(32)30-29-16-19-7-6-8-21(15-19)25(26,27)28/h3-16,18H,17H2,1-2H3,(H,30,32)/b29-16-. The van der Waals surface area contributed by atoms with Crippen LogP contribution >= 0.6 is 0 Å². The van der Waals surface area contributed by atoms with Crippen molar-refractivity contribution in [3.63, 3.8) is 0 Å². The topological polar surface area (TPSA) is 78.8 Å². The van der Waals surface area contributed by atoms with Gasteiger partial charge in [0.15, 0.2) is 0 Å². The fourth-order valence-electron chi connectivity index (χ4n) is 3.20. The second-order valence-electron chi connectivity index (χ2n) is 7.99. The van der Waals surface area contributed by atoms with Crippen molar-refractivity contribution in [3.05, 3.63) is 95.6 Å². The first kappa shape index (κ1) is 26.0. The van der Waals surface area contributed by atoms with Crippen molar-refractivity contribution in [2.45, 2.75) is 30.8 Å². The van der Waals surface area contributed by atoms with Crippen molar-refractivity contribution in [1.29, 1.82) is 0 Å². The van der Waals surface area contributed by atoms with Gasteiger partial charge < -0.3 is 0 Å². The third-order valence-corrected chi connectivity index (χ3v) is 6.87. The number of hydrogen-bond donors (Lipinski definition) is 1. The van der Waals surface area contributed by atoms with E-state index in [0.29, 0.717) is 0 Å². The van der Waals surface area contributed by atoms with E-state index >= 15 is 0 Å². The van der Waals surface area contributed by atoms with Crippen LogP contribution in [0.1, 0.15) is 36.5 Å². The van der Waals surface area contributed by atoms with Crippen molar-refractivity contribution < 1.29 is 26.4 Å². The molecule has 0 unspecified atom stereocenters. The quantitative estimate of drug-likeness (QED) is 0.340. The summed E-state index contributed by atoms with van der Waals surface area (Å²) in [5.41, 5.74) is 2.75. The Kier molecular flexibility index (Phi) is 7.96. The minimum Gasteiger partial charge on any atom is -0.271 e. The highest BCUT2D eigenvalue weighted by Gasteiger charge is 2.30. The summed E-state index contributed by atoms with van der Waals surface area (Å²) in [4.78, 5) is 12.6. The van der Waals surface area contributed by atoms with Gasteiger partial charge in [0.05, 0.1) is 22.4 Å². The summed E-state index contributed by atoms with van der Waals surface area (Å²) in [6.45, 7) is 3.42. The summed E-state index contributed by atoms with van der Waals surface area (Å²) in [6.07, 6.45) is -3.45. The Labute approximate surface area is 202 Å². The molecule has 3 rings (SSSR count). The first-order valence-corrected chi connectivity index (χ1v) is 12.1. The van der Waals surface area contributed by atoms with Gasteiger partial charge in [-0.15, -0.1) is 0 Å². The van der Waals surface area contributed by atoms with Crippen LogP contribution in [0.2, 0.25) is 0 Å². The van der Waals surface area contributed by atoms with E-state index in [1.165, 1.54) is 24.3 Å². The highest BCUT2D eigenvalue weighted by molar-refractivity contribution is 7.92. The predicted octanol–water partition coefficient (Wildman–Crippen LogP) is 5.17. The zero-order chi connectivity index (χ0) is 25.6. The molecule has 1 N–H and O–H groups in total. The van der Waals surface area contributed by atoms with Gasteiger partial charge in [-0.2, -0.15) is 18.3 Å². The Morgan fingerprint density at radius 2 is 1.66 bits per heavy atom. The second kappa shape index (κ2) is 10.7. The molecule has 10 heteroatoms. The Morgan fingerprint density at radius 3 is 2.26 bits per heavy atom. The molecule has 3 aromatic rings. The summed E-state index contributed by atoms with van der Waals surface area (Å²) < 4.78 is 66.2. The minimum atomic E-state index is -4.51. The summed E-state index contributed by atoms with van der Waals surface area (Å²) in [7, 11) is -4.09. The lowest BCUT2D eigenvalue weighted by Crippen LogP contribution is -2.39. The molecule has 35 heavy (non-hydrogen) atoms. The molecule has 184 valence electrons. The van der Waals surface area contributed by atoms with Gasteiger partial charge in [-0.3, -0.25) is 9.10 Å². The number of sulfonamides is 1. The largest absolute Gasteiger partial charge is 0.416 e. The highest BCUT2D eigenvalue weighted by atomic mass is 32.2. The molecule has 0 aliphatic carbocycles. The highest BCUT2D eigenvalue weighted by Crippen LogP contribution is 2.29. The third kappa shape index (κ3) is 6.69. The Balaban J connectivity index is 1.82. The van der Waals surface area contributed by atoms with Gasteiger partial charge in [-0.1, -0.05) is 56.3 Å². The monoisotopic (exact) mass is 503 g/mol. The predicted molar refractivity (Wildman–Crippen MR) is 129 cm³/mol. The van der Waals surface area contributed by atoms with Gasteiger partial charge in [-0.25, -0.2) is 13.8 Å². The average molecular weight is 504 g/mol. The number of alkyl halides is 3. The van der Waals surface area contributed by atoms with E-state index < -0.39 is 34.2 Å². The number of benzene rings is 3. The van der Waals surface area contributed by atoms with Crippen molar-refractivity contribution in [3.8, 4) is 0 Å². The van der Waals surface area contributed by atoms with E-state index in [-0.39, 0.29) is 22.1 Å². The molecule has 0 radical (unpaired) electrons. The molecule has 0 saturated heterocycles. The SMILES string of the molecule is CC(C)c1ccc(N(CC(=O)N/N=C\c2cccc(C(F)(F)F)c2)S(=O)(=O)c2ccccc2)cc1. The summed E-state index contributed by atoms with van der Waals surface area (Å²) in [6, 6.07) is 18.9. The molecule has 0 fully saturated rings. The molecule has 6 nitrogen and oxygen atoms in total. The first-order valence-electron chi connectivity index (χ1n) is 10.7. The van der Waals surface area contributed by atoms with Crippen molar-refractivity contribution in [2.75, 3.05) is 10.8 Å². The van der Waals surface area contributed by atoms with E-state index in [0.717, 1.165) is 28.2 Å². The van der Waals surface area contributed by atoms with Crippen LogP contribution in [0.25, 0.3) is 0 Å². The number of hydrazone groups is 1. The second-order valence-corrected chi connectivity index (χ2v) is 9.85. The van der Waals surface area contributed by atoms with Crippen molar-refractivity contribution >= 4 is 27.8 Å². The molecule has 0 atom stereocenters. The number of amides is 1. The molecule has 0 aromatic heterocycles. The van der Waals surface area contributed by atoms with Crippen LogP contribution in [-0.4, -0.2) is 27.1 Å². The van der Waals surface area contributed by atoms with Crippen LogP contribution in [0, 0.1) is 0 Å². The van der Waals surface area contributed by atoms with Gasteiger partial charge in [0.2, 0.25) is 0 Å². The molecule has 0 aliphatic heterocycles. The number of rotatable bonds is 8. The summed E-state index contributed by atoms with van der Waals surface area (Å²) in [5.74, 6) is -0.530. The number of carbonyl (C=O) groups excluding carboxylic acids is 1. The van der Waals surface area contributed by atoms with Crippen LogP contribution in [0.4, 0.5) is 18.9 Å². The lowest BCUT2D eigenvalue weighted by molar-refractivity contribution is -0.137. The molecule has 3 aromatic carbocycles. The molecule has 0 heterocycles. The van der Waals surface area contributed by atoms with Crippen LogP contribution in [0.15, 0.2) is 88.9 Å². The van der Waals surface area contributed by atoms with E-state index in [9.17, 15) is 26.4 Å². The smallest absolute Gasteiger partial charge is 0.271 e. The maximum Gasteiger partial charge on any atom is 0.416 e. The van der Waals surface area contributed by atoms with E-state index in [4.69, 9.17) is 0 Å². The van der Waals surface area contributed by atoms with Crippen molar-refractivity contribution in [1.82, 2.24) is 5.43 Å². The van der Waals surface area contributed by atoms with Gasteiger partial charge >= 0.3 is 6.18 Å². The van der Waals surface area contributed by atoms with Gasteiger partial charge in [0.1, 0.15) is 6.54 Å². The lowest BCUT2D eigenvalue weighted by atomic mass is 10.0. The van der Waals surface area contributed by atoms with E-state index in [1.807, 2.05) is 13.8 Å². The minimum absolute atomic E-state index is 0.00760. The number of nitrogens with zero attached hydrogens (tertiary/aromatic N) is 2. The Bertz CT molecular complexity index is 1290. The fourth-order valence-corrected chi connectivity index (χ4v) is 4.64. The molecule has 0 aliphatic rings. The number of nitrogens with one attached hydrogen (secondary N) is 1. The summed E-state index contributed by atoms with van der Waals surface area (Å²) in [5, 5.41) is 3.69. The third-order valence-electron chi connectivity index (χ3n) is 5.08. The molecular formula is C25H24F3N3O3S. The lowest BCUT2D eigenvalue weighted by Gasteiger charge is -2.24. The van der Waals surface area contributed by atoms with E-state index in [1.54, 1.807) is 42.5 Å². The van der Waals surface area contributed by atoms with Gasteiger partial charge in [0.25, 0.3) is 15.9 Å². The Morgan fingerprint density at radius 1 is 1.00 bits per heavy atom. The van der Waals surface area contributed by atoms with Gasteiger partial charge in [-0.05, 0) is 53.4 Å². The molecule has 0 saturated carbocycles. The van der Waals surface area contributed by atoms with Gasteiger partial charge in [0, 0.05) is 0 Å². The zero-order valence-electron chi connectivity index (χ0n) is 19.0.